The molecule has 176 valence electrons. The highest BCUT2D eigenvalue weighted by Gasteiger charge is 2.32. The molecule has 8 nitrogen and oxygen atoms in total. The summed E-state index contributed by atoms with van der Waals surface area (Å²) in [6.45, 7) is 5.64. The van der Waals surface area contributed by atoms with Gasteiger partial charge < -0.3 is 21.3 Å². The Kier molecular flexibility index (Phi) is 8.07. The van der Waals surface area contributed by atoms with Gasteiger partial charge in [-0.05, 0) is 32.0 Å². The van der Waals surface area contributed by atoms with Crippen molar-refractivity contribution in [1.82, 2.24) is 25.1 Å². The third kappa shape index (κ3) is 6.33. The fraction of sp³-hybridized carbons (Fsp3) is 0.348. The van der Waals surface area contributed by atoms with Gasteiger partial charge in [-0.15, -0.1) is 0 Å². The molecule has 0 spiro atoms. The lowest BCUT2D eigenvalue weighted by Gasteiger charge is -2.28. The van der Waals surface area contributed by atoms with Crippen LogP contribution < -0.4 is 16.4 Å². The molecule has 0 radical (unpaired) electrons. The Balaban J connectivity index is 0.000000286. The number of rotatable bonds is 6. The molecule has 4 rings (SSSR count). The van der Waals surface area contributed by atoms with Crippen LogP contribution in [0.2, 0.25) is 0 Å². The molecule has 4 heterocycles. The number of hydrogen-bond acceptors (Lipinski definition) is 7. The Hall–Kier alpha value is -3.37. The number of likely N-dealkylation sites (tertiary alicyclic amines) is 1. The van der Waals surface area contributed by atoms with E-state index in [0.717, 1.165) is 34.3 Å². The van der Waals surface area contributed by atoms with E-state index in [1.165, 1.54) is 0 Å². The molecule has 0 saturated carbocycles. The summed E-state index contributed by atoms with van der Waals surface area (Å²) >= 11 is 0. The number of aliphatic imine (C=N–C) groups is 1. The molecule has 33 heavy (non-hydrogen) atoms. The highest BCUT2D eigenvalue weighted by molar-refractivity contribution is 5.87. The van der Waals surface area contributed by atoms with Gasteiger partial charge in [0.1, 0.15) is 5.65 Å². The van der Waals surface area contributed by atoms with Gasteiger partial charge in [0.25, 0.3) is 5.92 Å². The van der Waals surface area contributed by atoms with Gasteiger partial charge in [0, 0.05) is 73.8 Å². The lowest BCUT2D eigenvalue weighted by atomic mass is 10.1. The first kappa shape index (κ1) is 24.3. The van der Waals surface area contributed by atoms with Gasteiger partial charge in [-0.25, -0.2) is 13.8 Å². The Morgan fingerprint density at radius 2 is 2.18 bits per heavy atom. The van der Waals surface area contributed by atoms with Crippen LogP contribution in [0.5, 0.6) is 0 Å². The first-order valence-electron chi connectivity index (χ1n) is 10.6. The monoisotopic (exact) mass is 457 g/mol. The first-order chi connectivity index (χ1) is 15.9. The number of fused-ring (bicyclic) bond motifs is 1. The molecule has 1 saturated heterocycles. The second-order valence-electron chi connectivity index (χ2n) is 7.86. The van der Waals surface area contributed by atoms with Crippen LogP contribution in [-0.2, 0) is 0 Å². The Morgan fingerprint density at radius 3 is 2.82 bits per heavy atom. The van der Waals surface area contributed by atoms with Crippen LogP contribution in [0, 0.1) is 0 Å². The van der Waals surface area contributed by atoms with Crippen molar-refractivity contribution in [3.8, 4) is 0 Å². The number of nitrogens with zero attached hydrogens (tertiary/aromatic N) is 4. The van der Waals surface area contributed by atoms with E-state index in [2.05, 4.69) is 27.3 Å². The summed E-state index contributed by atoms with van der Waals surface area (Å²) in [5.74, 6) is -2.38. The van der Waals surface area contributed by atoms with Crippen molar-refractivity contribution in [3.05, 3.63) is 59.8 Å². The minimum atomic E-state index is -2.38. The number of aldehydes is 1. The van der Waals surface area contributed by atoms with Crippen LogP contribution in [-0.4, -0.2) is 66.7 Å². The molecule has 0 bridgehead atoms. The summed E-state index contributed by atoms with van der Waals surface area (Å²) in [6, 6.07) is 3.74. The SMILES string of the molecule is C=N/C(=C\NCN)C1=CC(n2ccc3cc(C=O)cnc32)=CNC1.CN1CCC(F)(F)CC1. The number of aromatic nitrogens is 2. The fourth-order valence-electron chi connectivity index (χ4n) is 3.50. The summed E-state index contributed by atoms with van der Waals surface area (Å²) in [6.07, 6.45) is 10.0. The standard InChI is InChI=1S/C17H18N6O.C6H11F2N/c1-19-16(9-21-11-18)14-5-15(8-20-7-14)23-3-2-13-4-12(10-24)6-22-17(13)23;1-9-4-2-6(7,8)3-5-9/h2-6,8-10,20-21H,1,7,11,18H2;2-5H2,1H3/b16-9-;. The summed E-state index contributed by atoms with van der Waals surface area (Å²) in [5, 5.41) is 7.07. The number of carbonyl (C=O) groups excluding carboxylic acids is 1. The zero-order chi connectivity index (χ0) is 23.8. The predicted octanol–water partition coefficient (Wildman–Crippen LogP) is 2.57. The van der Waals surface area contributed by atoms with Gasteiger partial charge in [0.05, 0.1) is 18.1 Å². The van der Waals surface area contributed by atoms with Crippen molar-refractivity contribution in [2.24, 2.45) is 10.7 Å². The van der Waals surface area contributed by atoms with E-state index in [-0.39, 0.29) is 12.8 Å². The topological polar surface area (TPSA) is 101 Å². The number of piperidine rings is 1. The van der Waals surface area contributed by atoms with Gasteiger partial charge in [-0.3, -0.25) is 14.4 Å². The third-order valence-corrected chi connectivity index (χ3v) is 5.40. The van der Waals surface area contributed by atoms with E-state index in [9.17, 15) is 13.6 Å². The molecule has 2 aromatic heterocycles. The van der Waals surface area contributed by atoms with Crippen molar-refractivity contribution >= 4 is 29.7 Å². The van der Waals surface area contributed by atoms with Gasteiger partial charge >= 0.3 is 0 Å². The summed E-state index contributed by atoms with van der Waals surface area (Å²) in [5.41, 5.74) is 9.41. The van der Waals surface area contributed by atoms with Crippen LogP contribution in [0.15, 0.2) is 59.3 Å². The predicted molar refractivity (Wildman–Crippen MR) is 127 cm³/mol. The van der Waals surface area contributed by atoms with Crippen molar-refractivity contribution in [3.63, 3.8) is 0 Å². The molecule has 1 fully saturated rings. The first-order valence-corrected chi connectivity index (χ1v) is 10.6. The summed E-state index contributed by atoms with van der Waals surface area (Å²) < 4.78 is 26.7. The minimum absolute atomic E-state index is 0.0312. The van der Waals surface area contributed by atoms with E-state index in [4.69, 9.17) is 5.73 Å². The zero-order valence-corrected chi connectivity index (χ0v) is 18.6. The average molecular weight is 458 g/mol. The molecule has 0 aliphatic carbocycles. The molecular formula is C23H29F2N7O. The smallest absolute Gasteiger partial charge is 0.250 e. The van der Waals surface area contributed by atoms with Gasteiger partial charge in [0.15, 0.2) is 6.29 Å². The number of allylic oxidation sites excluding steroid dienone is 2. The minimum Gasteiger partial charge on any atom is -0.385 e. The van der Waals surface area contributed by atoms with Crippen molar-refractivity contribution in [1.29, 1.82) is 0 Å². The van der Waals surface area contributed by atoms with Gasteiger partial charge in [0.2, 0.25) is 0 Å². The lowest BCUT2D eigenvalue weighted by molar-refractivity contribution is -0.0504. The Bertz CT molecular complexity index is 1080. The second kappa shape index (κ2) is 11.0. The quantitative estimate of drug-likeness (QED) is 0.350. The third-order valence-electron chi connectivity index (χ3n) is 5.40. The van der Waals surface area contributed by atoms with Gasteiger partial charge in [-0.1, -0.05) is 0 Å². The number of alkyl halides is 2. The number of nitrogens with two attached hydrogens (primary N) is 1. The number of dihydropyridines is 1. The summed E-state index contributed by atoms with van der Waals surface area (Å²) in [7, 11) is 1.87. The molecule has 0 atom stereocenters. The molecule has 0 aromatic carbocycles. The molecule has 0 amide bonds. The van der Waals surface area contributed by atoms with Crippen LogP contribution in [0.25, 0.3) is 16.7 Å². The molecule has 4 N–H and O–H groups in total. The van der Waals surface area contributed by atoms with Crippen molar-refractivity contribution in [2.75, 3.05) is 33.4 Å². The highest BCUT2D eigenvalue weighted by Crippen LogP contribution is 2.26. The van der Waals surface area contributed by atoms with E-state index in [1.54, 1.807) is 12.4 Å². The van der Waals surface area contributed by atoms with Crippen molar-refractivity contribution in [2.45, 2.75) is 18.8 Å². The van der Waals surface area contributed by atoms with Crippen LogP contribution >= 0.6 is 0 Å². The molecule has 2 aliphatic rings. The summed E-state index contributed by atoms with van der Waals surface area (Å²) in [4.78, 5) is 21.2. The highest BCUT2D eigenvalue weighted by atomic mass is 19.3. The Morgan fingerprint density at radius 1 is 1.42 bits per heavy atom. The maximum absolute atomic E-state index is 12.4. The van der Waals surface area contributed by atoms with Crippen LogP contribution in [0.4, 0.5) is 8.78 Å². The number of halogens is 2. The zero-order valence-electron chi connectivity index (χ0n) is 18.6. The number of pyridine rings is 1. The van der Waals surface area contributed by atoms with E-state index >= 15 is 0 Å². The molecule has 2 aromatic rings. The van der Waals surface area contributed by atoms with Crippen LogP contribution in [0.1, 0.15) is 23.2 Å². The normalized spacial score (nSPS) is 18.4. The molecule has 0 unspecified atom stereocenters. The van der Waals surface area contributed by atoms with E-state index in [0.29, 0.717) is 31.9 Å². The maximum Gasteiger partial charge on any atom is 0.250 e. The lowest BCUT2D eigenvalue weighted by Crippen LogP contribution is -2.36. The number of nitrogens with one attached hydrogen (secondary N) is 2. The number of hydrogen-bond donors (Lipinski definition) is 3. The largest absolute Gasteiger partial charge is 0.385 e. The van der Waals surface area contributed by atoms with Gasteiger partial charge in [-0.2, -0.15) is 0 Å². The molecular weight excluding hydrogens is 428 g/mol. The van der Waals surface area contributed by atoms with Crippen LogP contribution in [0.3, 0.4) is 0 Å². The number of carbonyl (C=O) groups is 1. The van der Waals surface area contributed by atoms with Crippen molar-refractivity contribution < 1.29 is 13.6 Å². The Labute approximate surface area is 191 Å². The maximum atomic E-state index is 12.4. The van der Waals surface area contributed by atoms with E-state index in [1.807, 2.05) is 47.1 Å². The molecule has 2 aliphatic heterocycles. The van der Waals surface area contributed by atoms with E-state index < -0.39 is 5.92 Å². The molecule has 10 heteroatoms. The fourth-order valence-corrected chi connectivity index (χ4v) is 3.50. The second-order valence-corrected chi connectivity index (χ2v) is 7.86. The average Bonchev–Trinajstić information content (AvgIpc) is 3.25.